The van der Waals surface area contributed by atoms with Crippen molar-refractivity contribution in [2.24, 2.45) is 5.92 Å². The molecule has 0 amide bonds. The van der Waals surface area contributed by atoms with Gasteiger partial charge in [-0.3, -0.25) is 4.90 Å². The van der Waals surface area contributed by atoms with Crippen molar-refractivity contribution in [2.75, 3.05) is 26.2 Å². The standard InChI is InChI=1S/C16H21F3N2.ClH/c17-16(18,19)14-5-3-13(4-6-14)15(11-12-1-2-12)21-9-7-20-8-10-21;/h3-6,12,15,20H,1-2,7-11H2;1H/t15-;/m1./s1. The third-order valence-electron chi connectivity index (χ3n) is 4.47. The van der Waals surface area contributed by atoms with Crippen molar-refractivity contribution in [3.8, 4) is 0 Å². The molecular weight excluding hydrogens is 313 g/mol. The number of nitrogens with one attached hydrogen (secondary N) is 1. The topological polar surface area (TPSA) is 15.3 Å². The third-order valence-corrected chi connectivity index (χ3v) is 4.47. The second kappa shape index (κ2) is 7.20. The molecule has 1 saturated carbocycles. The summed E-state index contributed by atoms with van der Waals surface area (Å²) in [5.41, 5.74) is 0.466. The van der Waals surface area contributed by atoms with Crippen LogP contribution in [0, 0.1) is 5.92 Å². The van der Waals surface area contributed by atoms with Gasteiger partial charge in [0.25, 0.3) is 0 Å². The fraction of sp³-hybridized carbons (Fsp3) is 0.625. The van der Waals surface area contributed by atoms with Crippen LogP contribution in [0.1, 0.15) is 36.4 Å². The Morgan fingerprint density at radius 3 is 2.18 bits per heavy atom. The van der Waals surface area contributed by atoms with Gasteiger partial charge in [-0.1, -0.05) is 25.0 Å². The number of piperazine rings is 1. The summed E-state index contributed by atoms with van der Waals surface area (Å²) < 4.78 is 38.0. The van der Waals surface area contributed by atoms with Gasteiger partial charge in [-0.2, -0.15) is 13.2 Å². The van der Waals surface area contributed by atoms with Crippen LogP contribution in [0.25, 0.3) is 0 Å². The lowest BCUT2D eigenvalue weighted by molar-refractivity contribution is -0.137. The van der Waals surface area contributed by atoms with Crippen molar-refractivity contribution in [3.63, 3.8) is 0 Å². The maximum Gasteiger partial charge on any atom is 0.416 e. The fourth-order valence-corrected chi connectivity index (χ4v) is 3.05. The van der Waals surface area contributed by atoms with Gasteiger partial charge in [-0.15, -0.1) is 12.4 Å². The van der Waals surface area contributed by atoms with Crippen molar-refractivity contribution >= 4 is 12.4 Å². The van der Waals surface area contributed by atoms with E-state index in [1.807, 2.05) is 0 Å². The van der Waals surface area contributed by atoms with Gasteiger partial charge in [-0.05, 0) is 30.0 Å². The second-order valence-electron chi connectivity index (χ2n) is 6.10. The van der Waals surface area contributed by atoms with Gasteiger partial charge >= 0.3 is 6.18 Å². The van der Waals surface area contributed by atoms with Crippen LogP contribution in [0.5, 0.6) is 0 Å². The smallest absolute Gasteiger partial charge is 0.314 e. The fourth-order valence-electron chi connectivity index (χ4n) is 3.05. The Hall–Kier alpha value is -0.780. The summed E-state index contributed by atoms with van der Waals surface area (Å²) in [7, 11) is 0. The van der Waals surface area contributed by atoms with Crippen LogP contribution < -0.4 is 5.32 Å². The molecule has 0 aromatic heterocycles. The third kappa shape index (κ3) is 4.37. The molecule has 2 nitrogen and oxygen atoms in total. The average Bonchev–Trinajstić information content (AvgIpc) is 3.29. The highest BCUT2D eigenvalue weighted by atomic mass is 35.5. The predicted molar refractivity (Wildman–Crippen MR) is 83.2 cm³/mol. The van der Waals surface area contributed by atoms with E-state index in [1.54, 1.807) is 12.1 Å². The molecule has 22 heavy (non-hydrogen) atoms. The maximum atomic E-state index is 12.7. The lowest BCUT2D eigenvalue weighted by Crippen LogP contribution is -2.45. The summed E-state index contributed by atoms with van der Waals surface area (Å²) in [6.45, 7) is 3.86. The zero-order valence-corrected chi connectivity index (χ0v) is 13.2. The molecule has 1 aliphatic heterocycles. The van der Waals surface area contributed by atoms with Crippen LogP contribution in [0.3, 0.4) is 0 Å². The van der Waals surface area contributed by atoms with E-state index >= 15 is 0 Å². The summed E-state index contributed by atoms with van der Waals surface area (Å²) in [6, 6.07) is 6.03. The van der Waals surface area contributed by atoms with E-state index in [4.69, 9.17) is 0 Å². The quantitative estimate of drug-likeness (QED) is 0.899. The van der Waals surface area contributed by atoms with E-state index in [2.05, 4.69) is 10.2 Å². The molecule has 6 heteroatoms. The first-order valence-electron chi connectivity index (χ1n) is 7.66. The van der Waals surface area contributed by atoms with E-state index < -0.39 is 11.7 Å². The normalized spacial score (nSPS) is 21.2. The minimum absolute atomic E-state index is 0. The van der Waals surface area contributed by atoms with Crippen LogP contribution >= 0.6 is 12.4 Å². The van der Waals surface area contributed by atoms with Crippen molar-refractivity contribution < 1.29 is 13.2 Å². The lowest BCUT2D eigenvalue weighted by atomic mass is 9.97. The van der Waals surface area contributed by atoms with E-state index in [1.165, 1.54) is 25.0 Å². The summed E-state index contributed by atoms with van der Waals surface area (Å²) >= 11 is 0. The number of hydrogen-bond acceptors (Lipinski definition) is 2. The second-order valence-corrected chi connectivity index (χ2v) is 6.10. The first-order valence-corrected chi connectivity index (χ1v) is 7.66. The van der Waals surface area contributed by atoms with Gasteiger partial charge in [-0.25, -0.2) is 0 Å². The minimum atomic E-state index is -4.25. The van der Waals surface area contributed by atoms with Gasteiger partial charge < -0.3 is 5.32 Å². The Morgan fingerprint density at radius 1 is 1.09 bits per heavy atom. The molecule has 1 N–H and O–H groups in total. The number of benzene rings is 1. The summed E-state index contributed by atoms with van der Waals surface area (Å²) in [5.74, 6) is 0.757. The van der Waals surface area contributed by atoms with E-state index in [-0.39, 0.29) is 18.4 Å². The number of nitrogens with zero attached hydrogens (tertiary/aromatic N) is 1. The average molecular weight is 335 g/mol. The van der Waals surface area contributed by atoms with Gasteiger partial charge in [0.15, 0.2) is 0 Å². The van der Waals surface area contributed by atoms with Crippen molar-refractivity contribution in [1.82, 2.24) is 10.2 Å². The van der Waals surface area contributed by atoms with Crippen LogP contribution in [0.15, 0.2) is 24.3 Å². The molecule has 1 aromatic rings. The number of rotatable bonds is 4. The van der Waals surface area contributed by atoms with Crippen LogP contribution in [-0.2, 0) is 6.18 Å². The first kappa shape index (κ1) is 17.6. The highest BCUT2D eigenvalue weighted by Crippen LogP contribution is 2.40. The highest BCUT2D eigenvalue weighted by molar-refractivity contribution is 5.85. The Balaban J connectivity index is 0.00000176. The van der Waals surface area contributed by atoms with Crippen molar-refractivity contribution in [1.29, 1.82) is 0 Å². The lowest BCUT2D eigenvalue weighted by Gasteiger charge is -2.35. The molecule has 0 radical (unpaired) electrons. The molecule has 3 rings (SSSR count). The van der Waals surface area contributed by atoms with E-state index in [0.29, 0.717) is 0 Å². The van der Waals surface area contributed by atoms with E-state index in [9.17, 15) is 13.2 Å². The van der Waals surface area contributed by atoms with Gasteiger partial charge in [0.2, 0.25) is 0 Å². The molecule has 1 aliphatic carbocycles. The molecule has 0 bridgehead atoms. The maximum absolute atomic E-state index is 12.7. The Kier molecular flexibility index (Phi) is 5.75. The molecule has 0 unspecified atom stereocenters. The minimum Gasteiger partial charge on any atom is -0.314 e. The van der Waals surface area contributed by atoms with Crippen molar-refractivity contribution in [2.45, 2.75) is 31.5 Å². The number of alkyl halides is 3. The SMILES string of the molecule is Cl.FC(F)(F)c1ccc([C@@H](CC2CC2)N2CCNCC2)cc1. The molecule has 1 heterocycles. The number of hydrogen-bond donors (Lipinski definition) is 1. The summed E-state index contributed by atoms with van der Waals surface area (Å²) in [5, 5.41) is 3.33. The Labute approximate surface area is 135 Å². The first-order chi connectivity index (χ1) is 10.0. The van der Waals surface area contributed by atoms with Crippen LogP contribution in [0.2, 0.25) is 0 Å². The molecule has 1 saturated heterocycles. The zero-order valence-electron chi connectivity index (χ0n) is 12.4. The van der Waals surface area contributed by atoms with Gasteiger partial charge in [0.1, 0.15) is 0 Å². The zero-order chi connectivity index (χ0) is 14.9. The molecule has 124 valence electrons. The summed E-state index contributed by atoms with van der Waals surface area (Å²) in [6.07, 6.45) is -0.641. The largest absolute Gasteiger partial charge is 0.416 e. The van der Waals surface area contributed by atoms with Crippen LogP contribution in [0.4, 0.5) is 13.2 Å². The Morgan fingerprint density at radius 2 is 1.68 bits per heavy atom. The molecule has 0 spiro atoms. The van der Waals surface area contributed by atoms with Crippen molar-refractivity contribution in [3.05, 3.63) is 35.4 Å². The monoisotopic (exact) mass is 334 g/mol. The molecule has 2 fully saturated rings. The van der Waals surface area contributed by atoms with E-state index in [0.717, 1.165) is 44.1 Å². The highest BCUT2D eigenvalue weighted by Gasteiger charge is 2.32. The van der Waals surface area contributed by atoms with Gasteiger partial charge in [0, 0.05) is 32.2 Å². The summed E-state index contributed by atoms with van der Waals surface area (Å²) in [4.78, 5) is 2.41. The van der Waals surface area contributed by atoms with Gasteiger partial charge in [0.05, 0.1) is 5.56 Å². The Bertz CT molecular complexity index is 465. The molecule has 1 aromatic carbocycles. The molecule has 1 atom stereocenters. The molecular formula is C16H22ClF3N2. The number of halogens is 4. The molecule has 2 aliphatic rings. The predicted octanol–water partition coefficient (Wildman–Crippen LogP) is 3.87. The van der Waals surface area contributed by atoms with Crippen LogP contribution in [-0.4, -0.2) is 31.1 Å².